The first-order valence-electron chi connectivity index (χ1n) is 7.18. The van der Waals surface area contributed by atoms with E-state index in [4.69, 9.17) is 14.6 Å². The Balaban J connectivity index is 1.88. The molecule has 24 heavy (non-hydrogen) atoms. The summed E-state index contributed by atoms with van der Waals surface area (Å²) in [6.07, 6.45) is 0.298. The molecule has 0 bridgehead atoms. The van der Waals surface area contributed by atoms with E-state index in [2.05, 4.69) is 0 Å². The van der Waals surface area contributed by atoms with Crippen LogP contribution in [-0.4, -0.2) is 23.0 Å². The number of Topliss-reactive ketones (excluding diaryl/α,β-unsaturated/α-hetero) is 1. The van der Waals surface area contributed by atoms with Gasteiger partial charge in [0.15, 0.2) is 11.9 Å². The lowest BCUT2D eigenvalue weighted by Crippen LogP contribution is -2.22. The summed E-state index contributed by atoms with van der Waals surface area (Å²) in [5, 5.41) is 8.86. The predicted octanol–water partition coefficient (Wildman–Crippen LogP) is 3.29. The van der Waals surface area contributed by atoms with Gasteiger partial charge >= 0.3 is 5.97 Å². The molecule has 0 aliphatic carbocycles. The molecule has 2 aromatic rings. The largest absolute Gasteiger partial charge is 0.479 e. The summed E-state index contributed by atoms with van der Waals surface area (Å²) in [5.74, 6) is -1.42. The highest BCUT2D eigenvalue weighted by molar-refractivity contribution is 6.14. The smallest absolute Gasteiger partial charge is 0.344 e. The molecule has 122 valence electrons. The lowest BCUT2D eigenvalue weighted by Gasteiger charge is -2.10. The number of halogens is 1. The highest BCUT2D eigenvalue weighted by Gasteiger charge is 2.28. The number of rotatable bonds is 4. The van der Waals surface area contributed by atoms with Crippen molar-refractivity contribution < 1.29 is 28.6 Å². The molecule has 0 saturated carbocycles. The average molecular weight is 328 g/mol. The molecule has 0 saturated heterocycles. The van der Waals surface area contributed by atoms with Crippen LogP contribution in [0.2, 0.25) is 0 Å². The second-order valence-electron chi connectivity index (χ2n) is 5.22. The van der Waals surface area contributed by atoms with Gasteiger partial charge in [0.05, 0.1) is 5.56 Å². The topological polar surface area (TPSA) is 72.8 Å². The Morgan fingerprint density at radius 2 is 2.04 bits per heavy atom. The minimum absolute atomic E-state index is 0.00136. The maximum absolute atomic E-state index is 13.7. The normalized spacial score (nSPS) is 15.8. The first kappa shape index (κ1) is 15.7. The molecule has 5 nitrogen and oxygen atoms in total. The van der Waals surface area contributed by atoms with Gasteiger partial charge in [-0.15, -0.1) is 0 Å². The molecule has 0 radical (unpaired) electrons. The lowest BCUT2D eigenvalue weighted by atomic mass is 10.1. The van der Waals surface area contributed by atoms with Crippen molar-refractivity contribution in [2.45, 2.75) is 13.0 Å². The van der Waals surface area contributed by atoms with Crippen LogP contribution in [0.4, 0.5) is 4.39 Å². The van der Waals surface area contributed by atoms with Gasteiger partial charge in [0, 0.05) is 11.6 Å². The van der Waals surface area contributed by atoms with Crippen molar-refractivity contribution in [3.05, 3.63) is 65.2 Å². The van der Waals surface area contributed by atoms with E-state index in [1.165, 1.54) is 43.3 Å². The average Bonchev–Trinajstić information content (AvgIpc) is 2.85. The van der Waals surface area contributed by atoms with Gasteiger partial charge in [-0.3, -0.25) is 4.79 Å². The third-order valence-corrected chi connectivity index (χ3v) is 3.49. The zero-order valence-electron chi connectivity index (χ0n) is 12.7. The summed E-state index contributed by atoms with van der Waals surface area (Å²) in [7, 11) is 0. The Morgan fingerprint density at radius 3 is 2.75 bits per heavy atom. The van der Waals surface area contributed by atoms with Crippen molar-refractivity contribution >= 4 is 17.8 Å². The summed E-state index contributed by atoms with van der Waals surface area (Å²) in [4.78, 5) is 23.1. The third kappa shape index (κ3) is 2.99. The molecule has 3 rings (SSSR count). The van der Waals surface area contributed by atoms with Crippen LogP contribution < -0.4 is 9.47 Å². The number of hydrogen-bond donors (Lipinski definition) is 1. The molecule has 1 aliphatic rings. The molecule has 0 amide bonds. The number of fused-ring (bicyclic) bond motifs is 1. The van der Waals surface area contributed by atoms with E-state index in [0.717, 1.165) is 0 Å². The van der Waals surface area contributed by atoms with Crippen LogP contribution in [0.15, 0.2) is 48.2 Å². The predicted molar refractivity (Wildman–Crippen MR) is 83.5 cm³/mol. The van der Waals surface area contributed by atoms with Crippen molar-refractivity contribution in [1.82, 2.24) is 0 Å². The summed E-state index contributed by atoms with van der Waals surface area (Å²) in [6, 6.07) is 10.4. The molecule has 1 aliphatic heterocycles. The van der Waals surface area contributed by atoms with E-state index in [1.807, 2.05) is 0 Å². The van der Waals surface area contributed by atoms with E-state index in [1.54, 1.807) is 12.1 Å². The minimum atomic E-state index is -1.10. The fourth-order valence-electron chi connectivity index (χ4n) is 2.23. The number of carbonyl (C=O) groups is 2. The van der Waals surface area contributed by atoms with Gasteiger partial charge in [0.25, 0.3) is 0 Å². The first-order chi connectivity index (χ1) is 11.5. The number of carbonyl (C=O) groups excluding carboxylic acids is 1. The molecule has 0 fully saturated rings. The molecule has 2 aromatic carbocycles. The summed E-state index contributed by atoms with van der Waals surface area (Å²) in [5.41, 5.74) is 0.553. The van der Waals surface area contributed by atoms with E-state index >= 15 is 0 Å². The Labute approximate surface area is 136 Å². The van der Waals surface area contributed by atoms with E-state index < -0.39 is 17.9 Å². The summed E-state index contributed by atoms with van der Waals surface area (Å²) in [6.45, 7) is 1.39. The number of carboxylic acid groups (broad SMARTS) is 1. The molecular weight excluding hydrogens is 315 g/mol. The van der Waals surface area contributed by atoms with Gasteiger partial charge < -0.3 is 14.6 Å². The van der Waals surface area contributed by atoms with Crippen LogP contribution in [-0.2, 0) is 4.79 Å². The van der Waals surface area contributed by atoms with Crippen LogP contribution in [0.1, 0.15) is 22.8 Å². The molecule has 0 aromatic heterocycles. The number of allylic oxidation sites excluding steroid dienone is 1. The Bertz CT molecular complexity index is 856. The van der Waals surface area contributed by atoms with Crippen LogP contribution in [0.5, 0.6) is 11.5 Å². The second-order valence-corrected chi connectivity index (χ2v) is 5.22. The second kappa shape index (κ2) is 6.16. The Hall–Kier alpha value is -3.15. The number of aliphatic carboxylic acids is 1. The van der Waals surface area contributed by atoms with Gasteiger partial charge in [0.2, 0.25) is 5.78 Å². The zero-order chi connectivity index (χ0) is 17.3. The molecule has 1 N–H and O–H groups in total. The van der Waals surface area contributed by atoms with Crippen molar-refractivity contribution in [2.75, 3.05) is 0 Å². The molecule has 1 atom stereocenters. The van der Waals surface area contributed by atoms with Crippen molar-refractivity contribution in [3.63, 3.8) is 0 Å². The van der Waals surface area contributed by atoms with Crippen molar-refractivity contribution in [2.24, 2.45) is 0 Å². The van der Waals surface area contributed by atoms with Gasteiger partial charge in [-0.2, -0.15) is 0 Å². The van der Waals surface area contributed by atoms with Gasteiger partial charge in [-0.25, -0.2) is 9.18 Å². The van der Waals surface area contributed by atoms with Crippen LogP contribution >= 0.6 is 0 Å². The van der Waals surface area contributed by atoms with E-state index in [9.17, 15) is 14.0 Å². The molecule has 0 spiro atoms. The summed E-state index contributed by atoms with van der Waals surface area (Å²) < 4.78 is 24.4. The molecule has 1 heterocycles. The number of carboxylic acids is 1. The Kier molecular flexibility index (Phi) is 4.04. The fourth-order valence-corrected chi connectivity index (χ4v) is 2.23. The monoisotopic (exact) mass is 328 g/mol. The fraction of sp³-hybridized carbons (Fsp3) is 0.111. The standard InChI is InChI=1S/C18H13FO5/c1-10(18(21)22)23-12-6-7-13-15(9-12)24-16(17(13)20)8-11-4-2-3-5-14(11)19/h2-10H,1H3,(H,21,22). The lowest BCUT2D eigenvalue weighted by molar-refractivity contribution is -0.144. The van der Waals surface area contributed by atoms with Crippen LogP contribution in [0.3, 0.4) is 0 Å². The van der Waals surface area contributed by atoms with Gasteiger partial charge in [-0.1, -0.05) is 18.2 Å². The quantitative estimate of drug-likeness (QED) is 0.872. The molecule has 6 heteroatoms. The number of ketones is 1. The SMILES string of the molecule is CC(Oc1ccc2c(c1)OC(=Cc1ccccc1F)C2=O)C(=O)O. The molecule has 1 unspecified atom stereocenters. The third-order valence-electron chi connectivity index (χ3n) is 3.49. The van der Waals surface area contributed by atoms with Gasteiger partial charge in [0.1, 0.15) is 17.3 Å². The van der Waals surface area contributed by atoms with Crippen molar-refractivity contribution in [3.8, 4) is 11.5 Å². The maximum atomic E-state index is 13.7. The highest BCUT2D eigenvalue weighted by atomic mass is 19.1. The first-order valence-corrected chi connectivity index (χ1v) is 7.18. The number of ether oxygens (including phenoxy) is 2. The van der Waals surface area contributed by atoms with E-state index in [0.29, 0.717) is 5.56 Å². The Morgan fingerprint density at radius 1 is 1.29 bits per heavy atom. The van der Waals surface area contributed by atoms with Crippen LogP contribution in [0, 0.1) is 5.82 Å². The molecular formula is C18H13FO5. The minimum Gasteiger partial charge on any atom is -0.479 e. The highest BCUT2D eigenvalue weighted by Crippen LogP contribution is 2.35. The van der Waals surface area contributed by atoms with Crippen molar-refractivity contribution in [1.29, 1.82) is 0 Å². The zero-order valence-corrected chi connectivity index (χ0v) is 12.7. The number of hydrogen-bond acceptors (Lipinski definition) is 4. The summed E-state index contributed by atoms with van der Waals surface area (Å²) >= 11 is 0. The van der Waals surface area contributed by atoms with E-state index in [-0.39, 0.29) is 28.6 Å². The van der Waals surface area contributed by atoms with Crippen LogP contribution in [0.25, 0.3) is 6.08 Å². The number of benzene rings is 2. The maximum Gasteiger partial charge on any atom is 0.344 e. The van der Waals surface area contributed by atoms with Gasteiger partial charge in [-0.05, 0) is 31.2 Å².